The minimum absolute atomic E-state index is 0.355. The lowest BCUT2D eigenvalue weighted by Gasteiger charge is -2.37. The number of aliphatic hydroxyl groups is 1. The van der Waals surface area contributed by atoms with Gasteiger partial charge in [0.2, 0.25) is 0 Å². The van der Waals surface area contributed by atoms with Crippen LogP contribution in [0.5, 0.6) is 0 Å². The molecule has 0 bridgehead atoms. The molecule has 1 fully saturated rings. The number of amides is 1. The van der Waals surface area contributed by atoms with E-state index in [1.165, 1.54) is 4.90 Å². The summed E-state index contributed by atoms with van der Waals surface area (Å²) >= 11 is 4.34. The second kappa shape index (κ2) is 4.58. The summed E-state index contributed by atoms with van der Waals surface area (Å²) in [7, 11) is 0. The monoisotopic (exact) mass is 253 g/mol. The molecule has 0 aromatic heterocycles. The maximum Gasteiger partial charge on any atom is 0.407 e. The minimum Gasteiger partial charge on any atom is -0.465 e. The maximum absolute atomic E-state index is 10.8. The van der Waals surface area contributed by atoms with Gasteiger partial charge in [-0.1, -0.05) is 18.2 Å². The van der Waals surface area contributed by atoms with E-state index in [0.717, 1.165) is 10.5 Å². The van der Waals surface area contributed by atoms with Crippen LogP contribution in [0, 0.1) is 0 Å². The van der Waals surface area contributed by atoms with Crippen molar-refractivity contribution in [1.82, 2.24) is 4.90 Å². The summed E-state index contributed by atoms with van der Waals surface area (Å²) in [5, 5.41) is 19.4. The van der Waals surface area contributed by atoms with Crippen molar-refractivity contribution >= 4 is 18.7 Å². The third-order valence-corrected chi connectivity index (χ3v) is 3.66. The Morgan fingerprint density at radius 2 is 1.88 bits per heavy atom. The van der Waals surface area contributed by atoms with Crippen molar-refractivity contribution in [3.05, 3.63) is 29.8 Å². The van der Waals surface area contributed by atoms with Crippen LogP contribution >= 0.6 is 12.6 Å². The first-order chi connectivity index (χ1) is 8.03. The number of piperidine rings is 1. The lowest BCUT2D eigenvalue weighted by Crippen LogP contribution is -2.44. The van der Waals surface area contributed by atoms with Crippen molar-refractivity contribution in [2.75, 3.05) is 13.1 Å². The minimum atomic E-state index is -0.954. The van der Waals surface area contributed by atoms with E-state index in [1.54, 1.807) is 0 Å². The fourth-order valence-electron chi connectivity index (χ4n) is 2.20. The van der Waals surface area contributed by atoms with E-state index in [4.69, 9.17) is 5.11 Å². The van der Waals surface area contributed by atoms with Crippen LogP contribution in [0.15, 0.2) is 29.2 Å². The van der Waals surface area contributed by atoms with Gasteiger partial charge < -0.3 is 15.1 Å². The van der Waals surface area contributed by atoms with Gasteiger partial charge in [-0.3, -0.25) is 0 Å². The van der Waals surface area contributed by atoms with Crippen molar-refractivity contribution in [3.63, 3.8) is 0 Å². The first-order valence-corrected chi connectivity index (χ1v) is 5.96. The summed E-state index contributed by atoms with van der Waals surface area (Å²) in [6, 6.07) is 7.40. The molecule has 4 nitrogen and oxygen atoms in total. The van der Waals surface area contributed by atoms with Gasteiger partial charge >= 0.3 is 6.09 Å². The van der Waals surface area contributed by atoms with Crippen molar-refractivity contribution in [1.29, 1.82) is 0 Å². The zero-order valence-corrected chi connectivity index (χ0v) is 10.2. The molecule has 92 valence electrons. The number of benzene rings is 1. The Hall–Kier alpha value is -1.20. The Balaban J connectivity index is 2.18. The van der Waals surface area contributed by atoms with Gasteiger partial charge in [0.25, 0.3) is 0 Å². The number of hydrogen-bond donors (Lipinski definition) is 3. The maximum atomic E-state index is 10.8. The number of hydrogen-bond acceptors (Lipinski definition) is 3. The molecular formula is C12H15NO3S. The molecule has 0 unspecified atom stereocenters. The highest BCUT2D eigenvalue weighted by molar-refractivity contribution is 7.80. The fourth-order valence-corrected chi connectivity index (χ4v) is 2.57. The Morgan fingerprint density at radius 1 is 1.29 bits per heavy atom. The van der Waals surface area contributed by atoms with Crippen LogP contribution in [-0.4, -0.2) is 34.3 Å². The number of likely N-dealkylation sites (tertiary alicyclic amines) is 1. The normalized spacial score (nSPS) is 19.1. The molecule has 1 aromatic carbocycles. The largest absolute Gasteiger partial charge is 0.465 e. The zero-order chi connectivity index (χ0) is 12.5. The van der Waals surface area contributed by atoms with E-state index in [2.05, 4.69) is 12.6 Å². The summed E-state index contributed by atoms with van der Waals surface area (Å²) in [6.07, 6.45) is -0.0977. The SMILES string of the molecule is O=C(O)N1CCC(O)(c2ccccc2S)CC1. The van der Waals surface area contributed by atoms with E-state index < -0.39 is 11.7 Å². The molecule has 0 radical (unpaired) electrons. The molecule has 0 aliphatic carbocycles. The molecule has 0 atom stereocenters. The number of nitrogens with zero attached hydrogens (tertiary/aromatic N) is 1. The van der Waals surface area contributed by atoms with Gasteiger partial charge in [-0.05, 0) is 24.5 Å². The van der Waals surface area contributed by atoms with Gasteiger partial charge in [-0.2, -0.15) is 0 Å². The van der Waals surface area contributed by atoms with E-state index in [-0.39, 0.29) is 0 Å². The van der Waals surface area contributed by atoms with Crippen LogP contribution in [0.4, 0.5) is 4.79 Å². The summed E-state index contributed by atoms with van der Waals surface area (Å²) in [5.41, 5.74) is -0.169. The van der Waals surface area contributed by atoms with Crippen LogP contribution < -0.4 is 0 Å². The summed E-state index contributed by atoms with van der Waals surface area (Å²) < 4.78 is 0. The lowest BCUT2D eigenvalue weighted by molar-refractivity contribution is -0.0233. The van der Waals surface area contributed by atoms with Gasteiger partial charge in [-0.25, -0.2) is 4.79 Å². The molecule has 1 heterocycles. The van der Waals surface area contributed by atoms with Crippen LogP contribution in [-0.2, 0) is 5.60 Å². The molecule has 1 aliphatic rings. The Kier molecular flexibility index (Phi) is 3.31. The van der Waals surface area contributed by atoms with Gasteiger partial charge in [-0.15, -0.1) is 12.6 Å². The Labute approximate surface area is 105 Å². The molecule has 1 aromatic rings. The van der Waals surface area contributed by atoms with Gasteiger partial charge in [0.05, 0.1) is 5.60 Å². The number of carboxylic acid groups (broad SMARTS) is 1. The van der Waals surface area contributed by atoms with Gasteiger partial charge in [0, 0.05) is 18.0 Å². The summed E-state index contributed by atoms with van der Waals surface area (Å²) in [4.78, 5) is 12.9. The molecule has 0 spiro atoms. The second-order valence-electron chi connectivity index (χ2n) is 4.32. The average molecular weight is 253 g/mol. The average Bonchev–Trinajstić information content (AvgIpc) is 2.30. The quantitative estimate of drug-likeness (QED) is 0.670. The van der Waals surface area contributed by atoms with Crippen molar-refractivity contribution in [3.8, 4) is 0 Å². The van der Waals surface area contributed by atoms with Crippen LogP contribution in [0.2, 0.25) is 0 Å². The van der Waals surface area contributed by atoms with Gasteiger partial charge in [0.1, 0.15) is 0 Å². The molecule has 5 heteroatoms. The molecule has 1 amide bonds. The topological polar surface area (TPSA) is 60.8 Å². The van der Waals surface area contributed by atoms with Crippen LogP contribution in [0.3, 0.4) is 0 Å². The standard InChI is InChI=1S/C12H15NO3S/c14-11(15)13-7-5-12(16,6-8-13)9-3-1-2-4-10(9)17/h1-4,16-17H,5-8H2,(H,14,15). The lowest BCUT2D eigenvalue weighted by atomic mass is 9.84. The molecule has 0 saturated carbocycles. The van der Waals surface area contributed by atoms with Crippen molar-refractivity contribution in [2.24, 2.45) is 0 Å². The number of rotatable bonds is 1. The predicted molar refractivity (Wildman–Crippen MR) is 66.4 cm³/mol. The van der Waals surface area contributed by atoms with E-state index in [0.29, 0.717) is 25.9 Å². The molecule has 1 aliphatic heterocycles. The highest BCUT2D eigenvalue weighted by Gasteiger charge is 2.36. The third-order valence-electron chi connectivity index (χ3n) is 3.27. The first kappa shape index (κ1) is 12.3. The predicted octanol–water partition coefficient (Wildman–Crippen LogP) is 1.94. The van der Waals surface area contributed by atoms with E-state index in [1.807, 2.05) is 24.3 Å². The second-order valence-corrected chi connectivity index (χ2v) is 4.80. The zero-order valence-electron chi connectivity index (χ0n) is 9.33. The first-order valence-electron chi connectivity index (χ1n) is 5.52. The van der Waals surface area contributed by atoms with Crippen LogP contribution in [0.1, 0.15) is 18.4 Å². The molecule has 2 rings (SSSR count). The van der Waals surface area contributed by atoms with Crippen molar-refractivity contribution < 1.29 is 15.0 Å². The summed E-state index contributed by atoms with van der Waals surface area (Å²) in [5.74, 6) is 0. The van der Waals surface area contributed by atoms with Crippen LogP contribution in [0.25, 0.3) is 0 Å². The van der Waals surface area contributed by atoms with E-state index >= 15 is 0 Å². The van der Waals surface area contributed by atoms with Gasteiger partial charge in [0.15, 0.2) is 0 Å². The molecule has 2 N–H and O–H groups in total. The highest BCUT2D eigenvalue weighted by atomic mass is 32.1. The fraction of sp³-hybridized carbons (Fsp3) is 0.417. The van der Waals surface area contributed by atoms with E-state index in [9.17, 15) is 9.90 Å². The van der Waals surface area contributed by atoms with Crippen molar-refractivity contribution in [2.45, 2.75) is 23.3 Å². The molecular weight excluding hydrogens is 238 g/mol. The smallest absolute Gasteiger partial charge is 0.407 e. The Morgan fingerprint density at radius 3 is 2.41 bits per heavy atom. The highest BCUT2D eigenvalue weighted by Crippen LogP contribution is 2.35. The molecule has 1 saturated heterocycles. The molecule has 17 heavy (non-hydrogen) atoms. The summed E-state index contributed by atoms with van der Waals surface area (Å²) in [6.45, 7) is 0.710. The number of carbonyl (C=O) groups is 1. The number of thiol groups is 1. The third kappa shape index (κ3) is 2.40. The Bertz CT molecular complexity index is 428.